The highest BCUT2D eigenvalue weighted by molar-refractivity contribution is 5.08. The van der Waals surface area contributed by atoms with E-state index in [0.29, 0.717) is 0 Å². The predicted octanol–water partition coefficient (Wildman–Crippen LogP) is 2.08. The van der Waals surface area contributed by atoms with Gasteiger partial charge in [-0.05, 0) is 19.4 Å². The molecule has 0 bridgehead atoms. The summed E-state index contributed by atoms with van der Waals surface area (Å²) in [5.41, 5.74) is 1.19. The Kier molecular flexibility index (Phi) is 4.98. The average Bonchev–Trinajstić information content (AvgIpc) is 1.89. The molecule has 0 aliphatic rings. The number of hydrogen-bond acceptors (Lipinski definition) is 1. The zero-order valence-corrected chi connectivity index (χ0v) is 6.44. The van der Waals surface area contributed by atoms with Crippen molar-refractivity contribution in [1.29, 1.82) is 0 Å². The smallest absolute Gasteiger partial charge is 0.00723 e. The van der Waals surface area contributed by atoms with Crippen molar-refractivity contribution in [3.63, 3.8) is 0 Å². The maximum Gasteiger partial charge on any atom is 0.00723 e. The van der Waals surface area contributed by atoms with E-state index in [1.165, 1.54) is 5.70 Å². The summed E-state index contributed by atoms with van der Waals surface area (Å²) in [5.74, 6) is 0. The van der Waals surface area contributed by atoms with Crippen LogP contribution in [0.4, 0.5) is 0 Å². The second-order valence-corrected chi connectivity index (χ2v) is 1.94. The van der Waals surface area contributed by atoms with Gasteiger partial charge in [0.25, 0.3) is 0 Å². The first kappa shape index (κ1) is 8.28. The highest BCUT2D eigenvalue weighted by Gasteiger charge is 1.73. The molecule has 0 aliphatic heterocycles. The van der Waals surface area contributed by atoms with Crippen LogP contribution < -0.4 is 5.32 Å². The van der Waals surface area contributed by atoms with Gasteiger partial charge in [-0.15, -0.1) is 0 Å². The van der Waals surface area contributed by atoms with Gasteiger partial charge in [0, 0.05) is 12.7 Å². The SMILES string of the molecule is CC/C=C\C=C(/C)NC. The van der Waals surface area contributed by atoms with Crippen LogP contribution in [0.2, 0.25) is 0 Å². The second kappa shape index (κ2) is 5.42. The van der Waals surface area contributed by atoms with Gasteiger partial charge in [-0.25, -0.2) is 0 Å². The summed E-state index contributed by atoms with van der Waals surface area (Å²) in [6.07, 6.45) is 7.35. The lowest BCUT2D eigenvalue weighted by Crippen LogP contribution is -2.00. The fourth-order valence-corrected chi connectivity index (χ4v) is 0.432. The molecule has 1 nitrogen and oxygen atoms in total. The molecule has 0 aliphatic carbocycles. The van der Waals surface area contributed by atoms with E-state index in [0.717, 1.165) is 6.42 Å². The van der Waals surface area contributed by atoms with E-state index in [4.69, 9.17) is 0 Å². The third-order valence-corrected chi connectivity index (χ3v) is 1.11. The largest absolute Gasteiger partial charge is 0.392 e. The number of nitrogens with one attached hydrogen (secondary N) is 1. The lowest BCUT2D eigenvalue weighted by molar-refractivity contribution is 0.990. The normalized spacial score (nSPS) is 12.6. The number of rotatable bonds is 3. The van der Waals surface area contributed by atoms with Gasteiger partial charge in [-0.3, -0.25) is 0 Å². The molecular weight excluding hydrogens is 110 g/mol. The van der Waals surface area contributed by atoms with Crippen LogP contribution in [0.5, 0.6) is 0 Å². The van der Waals surface area contributed by atoms with Gasteiger partial charge in [-0.2, -0.15) is 0 Å². The summed E-state index contributed by atoms with van der Waals surface area (Å²) in [4.78, 5) is 0. The fourth-order valence-electron chi connectivity index (χ4n) is 0.432. The van der Waals surface area contributed by atoms with E-state index >= 15 is 0 Å². The maximum absolute atomic E-state index is 3.03. The molecule has 0 aromatic rings. The van der Waals surface area contributed by atoms with Crippen molar-refractivity contribution in [2.75, 3.05) is 7.05 Å². The highest BCUT2D eigenvalue weighted by Crippen LogP contribution is 1.86. The molecule has 0 radical (unpaired) electrons. The van der Waals surface area contributed by atoms with E-state index in [-0.39, 0.29) is 0 Å². The van der Waals surface area contributed by atoms with Gasteiger partial charge < -0.3 is 5.32 Å². The van der Waals surface area contributed by atoms with Gasteiger partial charge >= 0.3 is 0 Å². The first-order valence-electron chi connectivity index (χ1n) is 3.32. The monoisotopic (exact) mass is 125 g/mol. The molecule has 9 heavy (non-hydrogen) atoms. The summed E-state index contributed by atoms with van der Waals surface area (Å²) >= 11 is 0. The topological polar surface area (TPSA) is 12.0 Å². The van der Waals surface area contributed by atoms with E-state index in [9.17, 15) is 0 Å². The second-order valence-electron chi connectivity index (χ2n) is 1.94. The van der Waals surface area contributed by atoms with Gasteiger partial charge in [0.15, 0.2) is 0 Å². The summed E-state index contributed by atoms with van der Waals surface area (Å²) < 4.78 is 0. The van der Waals surface area contributed by atoms with Crippen molar-refractivity contribution < 1.29 is 0 Å². The van der Waals surface area contributed by atoms with Crippen LogP contribution in [0.3, 0.4) is 0 Å². The minimum atomic E-state index is 1.10. The van der Waals surface area contributed by atoms with Crippen molar-refractivity contribution in [2.45, 2.75) is 20.3 Å². The molecule has 0 aromatic heterocycles. The molecular formula is C8H15N. The van der Waals surface area contributed by atoms with Crippen molar-refractivity contribution in [2.24, 2.45) is 0 Å². The van der Waals surface area contributed by atoms with E-state index in [2.05, 4.69) is 30.5 Å². The summed E-state index contributed by atoms with van der Waals surface area (Å²) in [6.45, 7) is 4.17. The Morgan fingerprint density at radius 1 is 1.56 bits per heavy atom. The van der Waals surface area contributed by atoms with Crippen LogP contribution >= 0.6 is 0 Å². The Labute approximate surface area is 57.5 Å². The quantitative estimate of drug-likeness (QED) is 0.569. The first-order chi connectivity index (χ1) is 4.31. The molecule has 1 heteroatoms. The van der Waals surface area contributed by atoms with Crippen molar-refractivity contribution >= 4 is 0 Å². The van der Waals surface area contributed by atoms with Crippen molar-refractivity contribution in [1.82, 2.24) is 5.32 Å². The molecule has 1 N–H and O–H groups in total. The molecule has 0 fully saturated rings. The van der Waals surface area contributed by atoms with Crippen LogP contribution in [-0.2, 0) is 0 Å². The predicted molar refractivity (Wildman–Crippen MR) is 42.2 cm³/mol. The molecule has 52 valence electrons. The molecule has 0 spiro atoms. The third kappa shape index (κ3) is 5.15. The van der Waals surface area contributed by atoms with E-state index in [1.807, 2.05) is 14.0 Å². The van der Waals surface area contributed by atoms with E-state index < -0.39 is 0 Å². The van der Waals surface area contributed by atoms with Crippen molar-refractivity contribution in [3.05, 3.63) is 23.9 Å². The molecule has 0 unspecified atom stereocenters. The first-order valence-corrected chi connectivity index (χ1v) is 3.32. The fraction of sp³-hybridized carbons (Fsp3) is 0.500. The van der Waals surface area contributed by atoms with Gasteiger partial charge in [0.2, 0.25) is 0 Å². The average molecular weight is 125 g/mol. The van der Waals surface area contributed by atoms with E-state index in [1.54, 1.807) is 0 Å². The van der Waals surface area contributed by atoms with Crippen LogP contribution in [0.1, 0.15) is 20.3 Å². The molecule has 0 rings (SSSR count). The van der Waals surface area contributed by atoms with Gasteiger partial charge in [0.1, 0.15) is 0 Å². The molecule has 0 aromatic carbocycles. The summed E-state index contributed by atoms with van der Waals surface area (Å²) in [7, 11) is 1.92. The Morgan fingerprint density at radius 3 is 2.67 bits per heavy atom. The summed E-state index contributed by atoms with van der Waals surface area (Å²) in [5, 5.41) is 3.03. The van der Waals surface area contributed by atoms with Gasteiger partial charge in [-0.1, -0.05) is 19.1 Å². The molecule has 0 saturated heterocycles. The Balaban J connectivity index is 3.55. The minimum absolute atomic E-state index is 1.10. The zero-order chi connectivity index (χ0) is 7.11. The molecule has 0 heterocycles. The van der Waals surface area contributed by atoms with Gasteiger partial charge in [0.05, 0.1) is 0 Å². The van der Waals surface area contributed by atoms with Crippen LogP contribution in [0, 0.1) is 0 Å². The zero-order valence-electron chi connectivity index (χ0n) is 6.44. The molecule has 0 atom stereocenters. The Morgan fingerprint density at radius 2 is 2.22 bits per heavy atom. The van der Waals surface area contributed by atoms with Crippen LogP contribution in [0.15, 0.2) is 23.9 Å². The number of allylic oxidation sites excluding steroid dienone is 4. The molecule has 0 amide bonds. The lowest BCUT2D eigenvalue weighted by atomic mass is 10.3. The summed E-state index contributed by atoms with van der Waals surface area (Å²) in [6, 6.07) is 0. The maximum atomic E-state index is 3.03. The Hall–Kier alpha value is -0.720. The molecule has 0 saturated carbocycles. The lowest BCUT2D eigenvalue weighted by Gasteiger charge is -1.93. The van der Waals surface area contributed by atoms with Crippen LogP contribution in [0.25, 0.3) is 0 Å². The Bertz CT molecular complexity index is 112. The highest BCUT2D eigenvalue weighted by atomic mass is 14.8. The van der Waals surface area contributed by atoms with Crippen molar-refractivity contribution in [3.8, 4) is 0 Å². The number of hydrogen-bond donors (Lipinski definition) is 1. The van der Waals surface area contributed by atoms with Crippen LogP contribution in [-0.4, -0.2) is 7.05 Å². The third-order valence-electron chi connectivity index (χ3n) is 1.11. The minimum Gasteiger partial charge on any atom is -0.392 e. The standard InChI is InChI=1S/C8H15N/c1-4-5-6-7-8(2)9-3/h5-7,9H,4H2,1-3H3/b6-5-,8-7+.